The minimum Gasteiger partial charge on any atom is -0.497 e. The number of carbonyl (C=O) groups is 2. The van der Waals surface area contributed by atoms with Gasteiger partial charge in [0.05, 0.1) is 13.0 Å². The molecule has 0 aliphatic carbocycles. The number of nitrogens with zero attached hydrogens (tertiary/aromatic N) is 2. The van der Waals surface area contributed by atoms with Crippen LogP contribution in [0, 0.1) is 5.92 Å². The SMILES string of the molecule is COc1ccc(N2CC(C(=O)NCCCN3CCCCC3)CC2=O)cc1. The van der Waals surface area contributed by atoms with Crippen LogP contribution in [0.3, 0.4) is 0 Å². The molecule has 1 N–H and O–H groups in total. The highest BCUT2D eigenvalue weighted by Gasteiger charge is 2.34. The molecule has 26 heavy (non-hydrogen) atoms. The molecule has 2 aliphatic heterocycles. The molecule has 0 aromatic heterocycles. The van der Waals surface area contributed by atoms with Crippen LogP contribution in [0.15, 0.2) is 24.3 Å². The van der Waals surface area contributed by atoms with Gasteiger partial charge in [-0.15, -0.1) is 0 Å². The number of benzene rings is 1. The molecular weight excluding hydrogens is 330 g/mol. The third kappa shape index (κ3) is 4.75. The predicted molar refractivity (Wildman–Crippen MR) is 101 cm³/mol. The Morgan fingerprint density at radius 2 is 1.92 bits per heavy atom. The molecule has 1 atom stereocenters. The molecule has 3 rings (SSSR count). The number of hydrogen-bond donors (Lipinski definition) is 1. The van der Waals surface area contributed by atoms with Gasteiger partial charge in [0.15, 0.2) is 0 Å². The van der Waals surface area contributed by atoms with Crippen LogP contribution in [-0.4, -0.2) is 56.5 Å². The Morgan fingerprint density at radius 3 is 2.62 bits per heavy atom. The van der Waals surface area contributed by atoms with E-state index in [4.69, 9.17) is 4.74 Å². The molecule has 6 nitrogen and oxygen atoms in total. The monoisotopic (exact) mass is 359 g/mol. The van der Waals surface area contributed by atoms with Crippen molar-refractivity contribution in [2.75, 3.05) is 44.7 Å². The summed E-state index contributed by atoms with van der Waals surface area (Å²) in [5, 5.41) is 3.01. The Labute approximate surface area is 155 Å². The fourth-order valence-electron chi connectivity index (χ4n) is 3.74. The maximum atomic E-state index is 12.4. The molecule has 0 radical (unpaired) electrons. The van der Waals surface area contributed by atoms with E-state index in [1.807, 2.05) is 24.3 Å². The standard InChI is InChI=1S/C20H29N3O3/c1-26-18-8-6-17(7-9-18)23-15-16(14-19(23)24)20(25)21-10-5-13-22-11-3-2-4-12-22/h6-9,16H,2-5,10-15H2,1H3,(H,21,25). The van der Waals surface area contributed by atoms with Gasteiger partial charge in [0.1, 0.15) is 5.75 Å². The highest BCUT2D eigenvalue weighted by atomic mass is 16.5. The number of anilines is 1. The van der Waals surface area contributed by atoms with Crippen LogP contribution >= 0.6 is 0 Å². The molecule has 142 valence electrons. The quantitative estimate of drug-likeness (QED) is 0.757. The average Bonchev–Trinajstić information content (AvgIpc) is 3.08. The number of methoxy groups -OCH3 is 1. The van der Waals surface area contributed by atoms with Gasteiger partial charge in [0.2, 0.25) is 11.8 Å². The van der Waals surface area contributed by atoms with Crippen molar-refractivity contribution < 1.29 is 14.3 Å². The summed E-state index contributed by atoms with van der Waals surface area (Å²) >= 11 is 0. The Morgan fingerprint density at radius 1 is 1.19 bits per heavy atom. The van der Waals surface area contributed by atoms with Crippen molar-refractivity contribution in [3.63, 3.8) is 0 Å². The van der Waals surface area contributed by atoms with Crippen molar-refractivity contribution in [2.24, 2.45) is 5.92 Å². The van der Waals surface area contributed by atoms with Crippen LogP contribution in [0.5, 0.6) is 5.75 Å². The second-order valence-corrected chi connectivity index (χ2v) is 7.15. The van der Waals surface area contributed by atoms with Gasteiger partial charge in [-0.25, -0.2) is 0 Å². The summed E-state index contributed by atoms with van der Waals surface area (Å²) < 4.78 is 5.15. The molecule has 0 bridgehead atoms. The highest BCUT2D eigenvalue weighted by molar-refractivity contribution is 6.00. The van der Waals surface area contributed by atoms with Gasteiger partial charge in [-0.1, -0.05) is 6.42 Å². The van der Waals surface area contributed by atoms with E-state index in [2.05, 4.69) is 10.2 Å². The molecule has 1 unspecified atom stereocenters. The fraction of sp³-hybridized carbons (Fsp3) is 0.600. The van der Waals surface area contributed by atoms with E-state index >= 15 is 0 Å². The Balaban J connectivity index is 1.42. The maximum absolute atomic E-state index is 12.4. The maximum Gasteiger partial charge on any atom is 0.227 e. The largest absolute Gasteiger partial charge is 0.497 e. The predicted octanol–water partition coefficient (Wildman–Crippen LogP) is 2.04. The minimum absolute atomic E-state index is 0.00336. The number of ether oxygens (including phenoxy) is 1. The number of likely N-dealkylation sites (tertiary alicyclic amines) is 1. The number of hydrogen-bond acceptors (Lipinski definition) is 4. The van der Waals surface area contributed by atoms with E-state index in [-0.39, 0.29) is 24.2 Å². The summed E-state index contributed by atoms with van der Waals surface area (Å²) in [6, 6.07) is 7.37. The van der Waals surface area contributed by atoms with Gasteiger partial charge in [0.25, 0.3) is 0 Å². The second-order valence-electron chi connectivity index (χ2n) is 7.15. The Bertz CT molecular complexity index is 611. The van der Waals surface area contributed by atoms with Crippen LogP contribution in [0.2, 0.25) is 0 Å². The summed E-state index contributed by atoms with van der Waals surface area (Å²) in [6.07, 6.45) is 5.17. The van der Waals surface area contributed by atoms with E-state index < -0.39 is 0 Å². The van der Waals surface area contributed by atoms with Crippen LogP contribution in [0.4, 0.5) is 5.69 Å². The molecule has 1 aromatic rings. The van der Waals surface area contributed by atoms with Crippen LogP contribution in [-0.2, 0) is 9.59 Å². The van der Waals surface area contributed by atoms with Gasteiger partial charge in [-0.3, -0.25) is 9.59 Å². The van der Waals surface area contributed by atoms with Crippen molar-refractivity contribution in [3.05, 3.63) is 24.3 Å². The fourth-order valence-corrected chi connectivity index (χ4v) is 3.74. The summed E-state index contributed by atoms with van der Waals surface area (Å²) in [7, 11) is 1.61. The first-order chi connectivity index (χ1) is 12.7. The summed E-state index contributed by atoms with van der Waals surface area (Å²) in [4.78, 5) is 28.8. The van der Waals surface area contributed by atoms with Gasteiger partial charge >= 0.3 is 0 Å². The zero-order valence-corrected chi connectivity index (χ0v) is 15.6. The van der Waals surface area contributed by atoms with E-state index in [0.717, 1.165) is 24.4 Å². The number of piperidine rings is 1. The van der Waals surface area contributed by atoms with Crippen LogP contribution < -0.4 is 15.0 Å². The summed E-state index contributed by atoms with van der Waals surface area (Å²) in [5.74, 6) is 0.486. The zero-order chi connectivity index (χ0) is 18.4. The third-order valence-electron chi connectivity index (χ3n) is 5.28. The molecule has 1 aromatic carbocycles. The Hall–Kier alpha value is -2.08. The lowest BCUT2D eigenvalue weighted by Gasteiger charge is -2.26. The first-order valence-electron chi connectivity index (χ1n) is 9.62. The van der Waals surface area contributed by atoms with Crippen molar-refractivity contribution in [2.45, 2.75) is 32.1 Å². The normalized spacial score (nSPS) is 21.0. The third-order valence-corrected chi connectivity index (χ3v) is 5.28. The lowest BCUT2D eigenvalue weighted by molar-refractivity contribution is -0.126. The van der Waals surface area contributed by atoms with Crippen LogP contribution in [0.25, 0.3) is 0 Å². The van der Waals surface area contributed by atoms with E-state index in [1.165, 1.54) is 32.4 Å². The lowest BCUT2D eigenvalue weighted by Crippen LogP contribution is -2.36. The minimum atomic E-state index is -0.264. The summed E-state index contributed by atoms with van der Waals surface area (Å²) in [6.45, 7) is 4.54. The van der Waals surface area contributed by atoms with Crippen LogP contribution in [0.1, 0.15) is 32.1 Å². The first kappa shape index (κ1) is 18.7. The molecule has 0 spiro atoms. The second kappa shape index (κ2) is 9.03. The molecule has 2 heterocycles. The molecule has 2 aliphatic rings. The van der Waals surface area contributed by atoms with E-state index in [1.54, 1.807) is 12.0 Å². The highest BCUT2D eigenvalue weighted by Crippen LogP contribution is 2.26. The number of amides is 2. The average molecular weight is 359 g/mol. The van der Waals surface area contributed by atoms with Gasteiger partial charge in [-0.05, 0) is 63.2 Å². The van der Waals surface area contributed by atoms with Gasteiger partial charge < -0.3 is 19.9 Å². The first-order valence-corrected chi connectivity index (χ1v) is 9.62. The summed E-state index contributed by atoms with van der Waals surface area (Å²) in [5.41, 5.74) is 0.816. The van der Waals surface area contributed by atoms with Gasteiger partial charge in [0, 0.05) is 25.2 Å². The van der Waals surface area contributed by atoms with E-state index in [0.29, 0.717) is 13.1 Å². The molecule has 2 amide bonds. The number of carbonyl (C=O) groups excluding carboxylic acids is 2. The molecule has 6 heteroatoms. The number of rotatable bonds is 7. The topological polar surface area (TPSA) is 61.9 Å². The van der Waals surface area contributed by atoms with Crippen molar-refractivity contribution in [3.8, 4) is 5.75 Å². The molecule has 2 saturated heterocycles. The van der Waals surface area contributed by atoms with Crippen molar-refractivity contribution in [1.29, 1.82) is 0 Å². The van der Waals surface area contributed by atoms with Crippen molar-refractivity contribution >= 4 is 17.5 Å². The lowest BCUT2D eigenvalue weighted by atomic mass is 10.1. The van der Waals surface area contributed by atoms with Gasteiger partial charge in [-0.2, -0.15) is 0 Å². The van der Waals surface area contributed by atoms with E-state index in [9.17, 15) is 9.59 Å². The molecule has 0 saturated carbocycles. The zero-order valence-electron chi connectivity index (χ0n) is 15.6. The number of nitrogens with one attached hydrogen (secondary N) is 1. The van der Waals surface area contributed by atoms with Crippen molar-refractivity contribution in [1.82, 2.24) is 10.2 Å². The molecular formula is C20H29N3O3. The molecule has 2 fully saturated rings. The smallest absolute Gasteiger partial charge is 0.227 e. The Kier molecular flexibility index (Phi) is 6.50.